The molecule has 0 amide bonds. The van der Waals surface area contributed by atoms with E-state index in [1.807, 2.05) is 6.07 Å². The summed E-state index contributed by atoms with van der Waals surface area (Å²) in [5.41, 5.74) is 0. The fraction of sp³-hybridized carbons (Fsp3) is 0.636. The lowest BCUT2D eigenvalue weighted by atomic mass is 10.2. The first-order valence-corrected chi connectivity index (χ1v) is 5.94. The molecule has 2 unspecified atom stereocenters. The highest BCUT2D eigenvalue weighted by Crippen LogP contribution is 2.49. The molecule has 1 aliphatic carbocycles. The monoisotopic (exact) mass is 257 g/mol. The van der Waals surface area contributed by atoms with Crippen molar-refractivity contribution >= 4 is 15.9 Å². The van der Waals surface area contributed by atoms with Crippen LogP contribution in [0.15, 0.2) is 21.2 Å². The molecule has 2 nitrogen and oxygen atoms in total. The van der Waals surface area contributed by atoms with Crippen molar-refractivity contribution in [3.63, 3.8) is 0 Å². The Labute approximate surface area is 93.2 Å². The Morgan fingerprint density at radius 3 is 3.00 bits per heavy atom. The number of hydrogen-bond donors (Lipinski definition) is 1. The predicted molar refractivity (Wildman–Crippen MR) is 60.4 cm³/mol. The maximum absolute atomic E-state index is 5.45. The van der Waals surface area contributed by atoms with Gasteiger partial charge in [-0.2, -0.15) is 0 Å². The second-order valence-corrected chi connectivity index (χ2v) is 5.15. The normalized spacial score (nSPS) is 25.7. The third-order valence-corrected chi connectivity index (χ3v) is 3.35. The largest absolute Gasteiger partial charge is 0.468 e. The van der Waals surface area contributed by atoms with E-state index in [4.69, 9.17) is 4.42 Å². The van der Waals surface area contributed by atoms with E-state index in [1.165, 1.54) is 6.42 Å². The van der Waals surface area contributed by atoms with Crippen molar-refractivity contribution in [3.8, 4) is 0 Å². The van der Waals surface area contributed by atoms with E-state index in [1.54, 1.807) is 6.26 Å². The minimum absolute atomic E-state index is 0.580. The maximum atomic E-state index is 5.45. The van der Waals surface area contributed by atoms with Gasteiger partial charge in [0.1, 0.15) is 5.76 Å². The van der Waals surface area contributed by atoms with Crippen LogP contribution in [0.4, 0.5) is 0 Å². The lowest BCUT2D eigenvalue weighted by Crippen LogP contribution is -2.25. The summed E-state index contributed by atoms with van der Waals surface area (Å²) in [5, 5.41) is 3.46. The van der Waals surface area contributed by atoms with Gasteiger partial charge >= 0.3 is 0 Å². The third-order valence-electron chi connectivity index (χ3n) is 2.69. The number of nitrogens with one attached hydrogen (secondary N) is 1. The predicted octanol–water partition coefficient (Wildman–Crippen LogP) is 3.14. The van der Waals surface area contributed by atoms with Crippen LogP contribution in [0.5, 0.6) is 0 Å². The highest BCUT2D eigenvalue weighted by molar-refractivity contribution is 9.10. The van der Waals surface area contributed by atoms with E-state index in [0.717, 1.165) is 22.7 Å². The Kier molecular flexibility index (Phi) is 2.98. The number of hydrogen-bond acceptors (Lipinski definition) is 2. The average molecular weight is 258 g/mol. The van der Waals surface area contributed by atoms with Crippen LogP contribution >= 0.6 is 15.9 Å². The summed E-state index contributed by atoms with van der Waals surface area (Å²) < 4.78 is 6.57. The van der Waals surface area contributed by atoms with Crippen LogP contribution < -0.4 is 5.32 Å². The summed E-state index contributed by atoms with van der Waals surface area (Å²) >= 11 is 3.50. The molecule has 2 atom stereocenters. The first-order chi connectivity index (χ1) is 6.68. The molecule has 0 aliphatic heterocycles. The lowest BCUT2D eigenvalue weighted by Gasteiger charge is -2.06. The Morgan fingerprint density at radius 2 is 2.43 bits per heavy atom. The summed E-state index contributed by atoms with van der Waals surface area (Å²) in [4.78, 5) is 0. The molecule has 3 heteroatoms. The van der Waals surface area contributed by atoms with Crippen molar-refractivity contribution in [1.82, 2.24) is 5.32 Å². The molecule has 1 aliphatic rings. The highest BCUT2D eigenvalue weighted by atomic mass is 79.9. The van der Waals surface area contributed by atoms with E-state index < -0.39 is 0 Å². The van der Waals surface area contributed by atoms with Gasteiger partial charge in [0.15, 0.2) is 0 Å². The lowest BCUT2D eigenvalue weighted by molar-refractivity contribution is 0.489. The van der Waals surface area contributed by atoms with Crippen molar-refractivity contribution in [2.45, 2.75) is 32.2 Å². The summed E-state index contributed by atoms with van der Waals surface area (Å²) in [6.07, 6.45) is 3.01. The molecule has 1 heterocycles. The summed E-state index contributed by atoms with van der Waals surface area (Å²) in [5.74, 6) is 2.52. The maximum Gasteiger partial charge on any atom is 0.121 e. The van der Waals surface area contributed by atoms with Crippen LogP contribution in [0, 0.1) is 5.92 Å². The Balaban J connectivity index is 1.85. The molecule has 1 N–H and O–H groups in total. The molecule has 1 aromatic heterocycles. The van der Waals surface area contributed by atoms with E-state index in [0.29, 0.717) is 12.0 Å². The molecule has 1 fully saturated rings. The number of rotatable bonds is 4. The Bertz CT molecular complexity index is 308. The fourth-order valence-electron chi connectivity index (χ4n) is 1.75. The highest BCUT2D eigenvalue weighted by Gasteiger charge is 2.41. The van der Waals surface area contributed by atoms with Gasteiger partial charge in [0.05, 0.1) is 10.7 Å². The summed E-state index contributed by atoms with van der Waals surface area (Å²) in [6, 6.07) is 2.55. The van der Waals surface area contributed by atoms with Crippen molar-refractivity contribution in [2.75, 3.05) is 6.54 Å². The molecule has 0 bridgehead atoms. The topological polar surface area (TPSA) is 25.2 Å². The van der Waals surface area contributed by atoms with Gasteiger partial charge in [0.2, 0.25) is 0 Å². The van der Waals surface area contributed by atoms with Gasteiger partial charge in [-0.3, -0.25) is 0 Å². The molecule has 14 heavy (non-hydrogen) atoms. The van der Waals surface area contributed by atoms with Crippen LogP contribution in [0.2, 0.25) is 0 Å². The molecule has 0 spiro atoms. The minimum atomic E-state index is 0.580. The zero-order chi connectivity index (χ0) is 10.1. The Morgan fingerprint density at radius 1 is 1.64 bits per heavy atom. The van der Waals surface area contributed by atoms with Gasteiger partial charge in [-0.25, -0.2) is 0 Å². The van der Waals surface area contributed by atoms with Gasteiger partial charge in [0, 0.05) is 12.0 Å². The molecule has 1 saturated carbocycles. The van der Waals surface area contributed by atoms with Gasteiger partial charge in [-0.1, -0.05) is 13.8 Å². The molecule has 78 valence electrons. The summed E-state index contributed by atoms with van der Waals surface area (Å²) in [7, 11) is 0. The fourth-order valence-corrected chi connectivity index (χ4v) is 2.25. The molecule has 0 saturated heterocycles. The van der Waals surface area contributed by atoms with Crippen LogP contribution in [-0.4, -0.2) is 12.6 Å². The van der Waals surface area contributed by atoms with E-state index >= 15 is 0 Å². The van der Waals surface area contributed by atoms with Gasteiger partial charge < -0.3 is 9.73 Å². The third kappa shape index (κ3) is 2.20. The molecule has 0 aromatic carbocycles. The molecular weight excluding hydrogens is 242 g/mol. The second kappa shape index (κ2) is 4.07. The Hall–Kier alpha value is -0.280. The minimum Gasteiger partial charge on any atom is -0.468 e. The number of halogens is 1. The first-order valence-electron chi connectivity index (χ1n) is 5.14. The molecular formula is C11H16BrNO. The van der Waals surface area contributed by atoms with Gasteiger partial charge in [0.25, 0.3) is 0 Å². The van der Waals surface area contributed by atoms with Crippen LogP contribution in [0.3, 0.4) is 0 Å². The van der Waals surface area contributed by atoms with Crippen LogP contribution in [-0.2, 0) is 0 Å². The average Bonchev–Trinajstić information content (AvgIpc) is 2.78. The zero-order valence-electron chi connectivity index (χ0n) is 8.59. The van der Waals surface area contributed by atoms with E-state index in [9.17, 15) is 0 Å². The van der Waals surface area contributed by atoms with Crippen molar-refractivity contribution in [1.29, 1.82) is 0 Å². The van der Waals surface area contributed by atoms with Crippen molar-refractivity contribution in [2.24, 2.45) is 5.92 Å². The van der Waals surface area contributed by atoms with E-state index in [-0.39, 0.29) is 0 Å². The van der Waals surface area contributed by atoms with Gasteiger partial charge in [-0.05, 0) is 40.9 Å². The van der Waals surface area contributed by atoms with Gasteiger partial charge in [-0.15, -0.1) is 0 Å². The quantitative estimate of drug-likeness (QED) is 0.897. The van der Waals surface area contributed by atoms with Crippen LogP contribution in [0.1, 0.15) is 31.9 Å². The summed E-state index contributed by atoms with van der Waals surface area (Å²) in [6.45, 7) is 5.47. The molecule has 2 rings (SSSR count). The number of furan rings is 1. The smallest absolute Gasteiger partial charge is 0.121 e. The standard InChI is InChI=1S/C11H16BrNO/c1-7(2)13-6-8-5-9(8)11-10(12)3-4-14-11/h3-4,7-9,13H,5-6H2,1-2H3. The van der Waals surface area contributed by atoms with Crippen molar-refractivity contribution in [3.05, 3.63) is 22.6 Å². The SMILES string of the molecule is CC(C)NCC1CC1c1occc1Br. The van der Waals surface area contributed by atoms with Crippen LogP contribution in [0.25, 0.3) is 0 Å². The molecule has 1 aromatic rings. The van der Waals surface area contributed by atoms with Crippen molar-refractivity contribution < 1.29 is 4.42 Å². The molecule has 0 radical (unpaired) electrons. The zero-order valence-corrected chi connectivity index (χ0v) is 10.2. The second-order valence-electron chi connectivity index (χ2n) is 4.30. The van der Waals surface area contributed by atoms with E-state index in [2.05, 4.69) is 35.1 Å². The first kappa shape index (κ1) is 10.2.